The van der Waals surface area contributed by atoms with Crippen molar-refractivity contribution < 1.29 is 23.2 Å². The predicted octanol–water partition coefficient (Wildman–Crippen LogP) is 5.21. The maximum atomic E-state index is 14.3. The Morgan fingerprint density at radius 2 is 1.68 bits per heavy atom. The molecule has 0 spiro atoms. The van der Waals surface area contributed by atoms with Gasteiger partial charge in [-0.3, -0.25) is 15.1 Å². The van der Waals surface area contributed by atoms with E-state index in [1.54, 1.807) is 6.07 Å². The lowest BCUT2D eigenvalue weighted by Crippen LogP contribution is -2.00. The number of hydrogen-bond acceptors (Lipinski definition) is 6. The van der Waals surface area contributed by atoms with Crippen molar-refractivity contribution in [2.24, 2.45) is 0 Å². The second kappa shape index (κ2) is 8.94. The molecule has 1 N–H and O–H groups in total. The van der Waals surface area contributed by atoms with E-state index >= 15 is 0 Å². The molecule has 7 nitrogen and oxygen atoms in total. The third kappa shape index (κ3) is 4.08. The number of nitro groups is 1. The van der Waals surface area contributed by atoms with E-state index in [0.717, 1.165) is 18.3 Å². The number of nitrogens with one attached hydrogen (secondary N) is 1. The topological polar surface area (TPSA) is 86.5 Å². The van der Waals surface area contributed by atoms with Gasteiger partial charge in [0, 0.05) is 17.5 Å². The average molecular weight is 391 g/mol. The number of nitrogens with zero attached hydrogens (tertiary/aromatic N) is 2. The van der Waals surface area contributed by atoms with Gasteiger partial charge in [-0.25, -0.2) is 8.78 Å². The summed E-state index contributed by atoms with van der Waals surface area (Å²) in [7, 11) is 2.89. The summed E-state index contributed by atoms with van der Waals surface area (Å²) in [6.07, 6.45) is 0.986. The van der Waals surface area contributed by atoms with Crippen LogP contribution in [0, 0.1) is 21.7 Å². The standard InChI is InChI=1S/C17H13F2N3O4.C2H6/c1-25-15-6-10-14(7-16(15)26-2)20-8-12(19)17(10)21-13-4-3-9(22(23)24)5-11(13)18;1-2/h3-8H,1-2H3,(H,20,21);1-2H3. The van der Waals surface area contributed by atoms with Gasteiger partial charge in [-0.2, -0.15) is 0 Å². The summed E-state index contributed by atoms with van der Waals surface area (Å²) in [5.41, 5.74) is -0.158. The Kier molecular flexibility index (Phi) is 6.64. The lowest BCUT2D eigenvalue weighted by Gasteiger charge is -2.14. The number of aromatic nitrogens is 1. The molecule has 3 rings (SSSR count). The van der Waals surface area contributed by atoms with Crippen LogP contribution in [0.25, 0.3) is 10.9 Å². The fourth-order valence-electron chi connectivity index (χ4n) is 2.48. The highest BCUT2D eigenvalue weighted by atomic mass is 19.1. The quantitative estimate of drug-likeness (QED) is 0.475. The summed E-state index contributed by atoms with van der Waals surface area (Å²) in [6.45, 7) is 4.00. The molecule has 0 fully saturated rings. The third-order valence-corrected chi connectivity index (χ3v) is 3.75. The molecule has 0 aliphatic heterocycles. The average Bonchev–Trinajstić information content (AvgIpc) is 2.71. The van der Waals surface area contributed by atoms with Gasteiger partial charge in [0.25, 0.3) is 5.69 Å². The van der Waals surface area contributed by atoms with Gasteiger partial charge < -0.3 is 14.8 Å². The maximum absolute atomic E-state index is 14.3. The number of hydrogen-bond donors (Lipinski definition) is 1. The molecule has 0 unspecified atom stereocenters. The molecule has 0 amide bonds. The van der Waals surface area contributed by atoms with E-state index in [4.69, 9.17) is 9.47 Å². The first-order valence-electron chi connectivity index (χ1n) is 8.35. The van der Waals surface area contributed by atoms with Crippen molar-refractivity contribution in [1.29, 1.82) is 0 Å². The Labute approximate surface area is 160 Å². The number of fused-ring (bicyclic) bond motifs is 1. The minimum absolute atomic E-state index is 0.0382. The van der Waals surface area contributed by atoms with Crippen molar-refractivity contribution in [3.05, 3.63) is 58.3 Å². The van der Waals surface area contributed by atoms with Crippen LogP contribution in [0.15, 0.2) is 36.5 Å². The minimum Gasteiger partial charge on any atom is -0.493 e. The van der Waals surface area contributed by atoms with Gasteiger partial charge in [0.1, 0.15) is 0 Å². The Bertz CT molecular complexity index is 1010. The molecule has 0 aliphatic carbocycles. The lowest BCUT2D eigenvalue weighted by atomic mass is 10.1. The second-order valence-corrected chi connectivity index (χ2v) is 5.25. The van der Waals surface area contributed by atoms with E-state index in [1.165, 1.54) is 26.4 Å². The van der Waals surface area contributed by atoms with Crippen LogP contribution in [-0.2, 0) is 0 Å². The van der Waals surface area contributed by atoms with Gasteiger partial charge in [-0.15, -0.1) is 0 Å². The first kappa shape index (κ1) is 20.8. The molecule has 0 saturated carbocycles. The van der Waals surface area contributed by atoms with Gasteiger partial charge >= 0.3 is 0 Å². The lowest BCUT2D eigenvalue weighted by molar-refractivity contribution is -0.385. The van der Waals surface area contributed by atoms with Crippen LogP contribution in [-0.4, -0.2) is 24.1 Å². The first-order chi connectivity index (χ1) is 13.4. The van der Waals surface area contributed by atoms with Gasteiger partial charge in [0.05, 0.1) is 48.3 Å². The van der Waals surface area contributed by atoms with Crippen molar-refractivity contribution in [2.75, 3.05) is 19.5 Å². The number of ether oxygens (including phenoxy) is 2. The largest absolute Gasteiger partial charge is 0.493 e. The third-order valence-electron chi connectivity index (χ3n) is 3.75. The number of rotatable bonds is 5. The van der Waals surface area contributed by atoms with Crippen LogP contribution in [0.4, 0.5) is 25.8 Å². The van der Waals surface area contributed by atoms with Crippen LogP contribution in [0.2, 0.25) is 0 Å². The first-order valence-corrected chi connectivity index (χ1v) is 8.35. The summed E-state index contributed by atoms with van der Waals surface area (Å²) < 4.78 is 38.9. The molecular weight excluding hydrogens is 372 g/mol. The molecule has 0 bridgehead atoms. The number of anilines is 2. The van der Waals surface area contributed by atoms with E-state index < -0.39 is 22.2 Å². The zero-order valence-corrected chi connectivity index (χ0v) is 15.7. The van der Waals surface area contributed by atoms with Gasteiger partial charge in [-0.05, 0) is 12.1 Å². The second-order valence-electron chi connectivity index (χ2n) is 5.25. The predicted molar refractivity (Wildman–Crippen MR) is 102 cm³/mol. The van der Waals surface area contributed by atoms with Crippen molar-refractivity contribution in [3.8, 4) is 11.5 Å². The number of non-ortho nitro benzene ring substituents is 1. The molecule has 1 aromatic heterocycles. The van der Waals surface area contributed by atoms with Crippen LogP contribution in [0.5, 0.6) is 11.5 Å². The summed E-state index contributed by atoms with van der Waals surface area (Å²) in [4.78, 5) is 14.0. The highest BCUT2D eigenvalue weighted by molar-refractivity contribution is 5.95. The molecule has 0 saturated heterocycles. The summed E-state index contributed by atoms with van der Waals surface area (Å²) >= 11 is 0. The molecule has 1 heterocycles. The number of methoxy groups -OCH3 is 2. The molecule has 3 aromatic rings. The molecule has 9 heteroatoms. The van der Waals surface area contributed by atoms with Gasteiger partial charge in [0.2, 0.25) is 0 Å². The number of benzene rings is 2. The van der Waals surface area contributed by atoms with Gasteiger partial charge in [-0.1, -0.05) is 13.8 Å². The van der Waals surface area contributed by atoms with Crippen molar-refractivity contribution in [2.45, 2.75) is 13.8 Å². The van der Waals surface area contributed by atoms with Crippen LogP contribution < -0.4 is 14.8 Å². The molecule has 28 heavy (non-hydrogen) atoms. The highest BCUT2D eigenvalue weighted by Crippen LogP contribution is 2.37. The zero-order chi connectivity index (χ0) is 20.8. The Morgan fingerprint density at radius 1 is 1.04 bits per heavy atom. The minimum atomic E-state index is -0.885. The summed E-state index contributed by atoms with van der Waals surface area (Å²) in [6, 6.07) is 6.12. The van der Waals surface area contributed by atoms with Gasteiger partial charge in [0.15, 0.2) is 23.1 Å². The molecule has 0 atom stereocenters. The van der Waals surface area contributed by atoms with E-state index in [1.807, 2.05) is 13.8 Å². The number of pyridine rings is 1. The normalized spacial score (nSPS) is 10.1. The zero-order valence-electron chi connectivity index (χ0n) is 15.7. The Balaban J connectivity index is 0.00000136. The van der Waals surface area contributed by atoms with E-state index in [2.05, 4.69) is 10.3 Å². The van der Waals surface area contributed by atoms with Crippen LogP contribution >= 0.6 is 0 Å². The molecule has 2 aromatic carbocycles. The van der Waals surface area contributed by atoms with E-state index in [0.29, 0.717) is 22.4 Å². The Hall–Kier alpha value is -3.49. The molecular formula is C19H19F2N3O4. The van der Waals surface area contributed by atoms with Crippen molar-refractivity contribution in [3.63, 3.8) is 0 Å². The number of nitro benzene ring substituents is 1. The SMILES string of the molecule is CC.COc1cc2ncc(F)c(Nc3ccc([N+](=O)[O-])cc3F)c2cc1OC. The molecule has 0 aliphatic rings. The molecule has 0 radical (unpaired) electrons. The van der Waals surface area contributed by atoms with Crippen molar-refractivity contribution in [1.82, 2.24) is 4.98 Å². The number of halogens is 2. The van der Waals surface area contributed by atoms with Crippen LogP contribution in [0.1, 0.15) is 13.8 Å². The summed E-state index contributed by atoms with van der Waals surface area (Å²) in [5, 5.41) is 13.7. The maximum Gasteiger partial charge on any atom is 0.272 e. The smallest absolute Gasteiger partial charge is 0.272 e. The Morgan fingerprint density at radius 3 is 2.25 bits per heavy atom. The highest BCUT2D eigenvalue weighted by Gasteiger charge is 2.16. The van der Waals surface area contributed by atoms with Crippen LogP contribution in [0.3, 0.4) is 0 Å². The van der Waals surface area contributed by atoms with E-state index in [-0.39, 0.29) is 11.4 Å². The molecule has 148 valence electrons. The fourth-order valence-corrected chi connectivity index (χ4v) is 2.48. The van der Waals surface area contributed by atoms with E-state index in [9.17, 15) is 18.9 Å². The monoisotopic (exact) mass is 391 g/mol. The fraction of sp³-hybridized carbons (Fsp3) is 0.211. The van der Waals surface area contributed by atoms with Crippen molar-refractivity contribution >= 4 is 28.0 Å². The summed E-state index contributed by atoms with van der Waals surface area (Å²) in [5.74, 6) is -0.849.